The van der Waals surface area contributed by atoms with Crippen LogP contribution in [0.15, 0.2) is 0 Å². The summed E-state index contributed by atoms with van der Waals surface area (Å²) in [7, 11) is 1.41. The topological polar surface area (TPSA) is 120 Å². The van der Waals surface area contributed by atoms with Crippen LogP contribution in [0, 0.1) is 0 Å². The number of carbonyl (C=O) groups is 4. The predicted molar refractivity (Wildman–Crippen MR) is 96.8 cm³/mol. The third kappa shape index (κ3) is 5.56. The van der Waals surface area contributed by atoms with Crippen LogP contribution in [-0.4, -0.2) is 91.6 Å². The fraction of sp³-hybridized carbons (Fsp3) is 0.765. The van der Waals surface area contributed by atoms with Crippen molar-refractivity contribution >= 4 is 23.8 Å². The Morgan fingerprint density at radius 1 is 1.30 bits per heavy atom. The maximum Gasteiger partial charge on any atom is 0.317 e. The van der Waals surface area contributed by atoms with Crippen LogP contribution in [0.2, 0.25) is 0 Å². The molecule has 5 amide bonds. The Labute approximate surface area is 158 Å². The first-order valence-corrected chi connectivity index (χ1v) is 9.25. The molecule has 2 rings (SSSR count). The molecule has 0 aromatic carbocycles. The number of methoxy groups -OCH3 is 1. The van der Waals surface area contributed by atoms with E-state index in [2.05, 4.69) is 16.0 Å². The minimum atomic E-state index is -0.867. The molecule has 2 aliphatic rings. The summed E-state index contributed by atoms with van der Waals surface area (Å²) < 4.78 is 4.90. The Morgan fingerprint density at radius 3 is 2.67 bits per heavy atom. The molecular weight excluding hydrogens is 354 g/mol. The van der Waals surface area contributed by atoms with Gasteiger partial charge >= 0.3 is 6.03 Å². The first-order chi connectivity index (χ1) is 12.8. The largest absolute Gasteiger partial charge is 0.375 e. The number of nitrogens with zero attached hydrogens (tertiary/aromatic N) is 2. The van der Waals surface area contributed by atoms with Crippen LogP contribution < -0.4 is 16.0 Å². The van der Waals surface area contributed by atoms with Gasteiger partial charge in [-0.2, -0.15) is 0 Å². The highest BCUT2D eigenvalue weighted by Gasteiger charge is 2.38. The number of piperidine rings is 1. The zero-order valence-corrected chi connectivity index (χ0v) is 16.1. The van der Waals surface area contributed by atoms with E-state index in [1.54, 1.807) is 0 Å². The molecule has 2 fully saturated rings. The van der Waals surface area contributed by atoms with E-state index in [-0.39, 0.29) is 43.6 Å². The minimum absolute atomic E-state index is 0.0381. The molecule has 152 valence electrons. The third-order valence-electron chi connectivity index (χ3n) is 4.57. The van der Waals surface area contributed by atoms with Crippen LogP contribution in [0.25, 0.3) is 0 Å². The lowest BCUT2D eigenvalue weighted by molar-refractivity contribution is -0.146. The van der Waals surface area contributed by atoms with E-state index in [0.29, 0.717) is 19.5 Å². The number of piperazine rings is 1. The van der Waals surface area contributed by atoms with Gasteiger partial charge in [-0.3, -0.25) is 14.4 Å². The molecule has 2 heterocycles. The van der Waals surface area contributed by atoms with Crippen molar-refractivity contribution in [2.75, 3.05) is 39.9 Å². The second kappa shape index (κ2) is 9.54. The lowest BCUT2D eigenvalue weighted by atomic mass is 10.1. The Bertz CT molecular complexity index is 582. The molecule has 27 heavy (non-hydrogen) atoms. The van der Waals surface area contributed by atoms with Crippen LogP contribution in [0.5, 0.6) is 0 Å². The van der Waals surface area contributed by atoms with Gasteiger partial charge < -0.3 is 30.5 Å². The van der Waals surface area contributed by atoms with Crippen molar-refractivity contribution in [2.24, 2.45) is 0 Å². The lowest BCUT2D eigenvalue weighted by Crippen LogP contribution is -2.65. The average molecular weight is 383 g/mol. The number of nitrogens with one attached hydrogen (secondary N) is 3. The average Bonchev–Trinajstić information content (AvgIpc) is 2.62. The monoisotopic (exact) mass is 383 g/mol. The second-order valence-electron chi connectivity index (χ2n) is 7.08. The number of ether oxygens (including phenoxy) is 1. The van der Waals surface area contributed by atoms with Crippen molar-refractivity contribution in [3.8, 4) is 0 Å². The number of urea groups is 1. The summed E-state index contributed by atoms with van der Waals surface area (Å²) in [5, 5.41) is 8.23. The maximum atomic E-state index is 12.8. The van der Waals surface area contributed by atoms with Crippen molar-refractivity contribution in [1.82, 2.24) is 25.8 Å². The van der Waals surface area contributed by atoms with E-state index in [4.69, 9.17) is 4.74 Å². The summed E-state index contributed by atoms with van der Waals surface area (Å²) in [6.45, 7) is 4.75. The van der Waals surface area contributed by atoms with Gasteiger partial charge in [-0.25, -0.2) is 4.79 Å². The summed E-state index contributed by atoms with van der Waals surface area (Å²) in [5.74, 6) is -0.993. The molecule has 0 radical (unpaired) electrons. The SMILES string of the molecule is COCC(=O)N1CCN(C(=O)NC(C)C)C[C@H]1C(=O)N[C@H]1CCCNC1=O. The van der Waals surface area contributed by atoms with Gasteiger partial charge in [-0.05, 0) is 26.7 Å². The van der Waals surface area contributed by atoms with Gasteiger partial charge in [0.15, 0.2) is 0 Å². The quantitative estimate of drug-likeness (QED) is 0.543. The molecule has 10 heteroatoms. The van der Waals surface area contributed by atoms with Gasteiger partial charge in [0.05, 0.1) is 6.54 Å². The Morgan fingerprint density at radius 2 is 2.04 bits per heavy atom. The fourth-order valence-electron chi connectivity index (χ4n) is 3.21. The summed E-state index contributed by atoms with van der Waals surface area (Å²) >= 11 is 0. The smallest absolute Gasteiger partial charge is 0.317 e. The zero-order chi connectivity index (χ0) is 20.0. The normalized spacial score (nSPS) is 23.0. The van der Waals surface area contributed by atoms with E-state index >= 15 is 0 Å². The molecular formula is C17H29N5O5. The van der Waals surface area contributed by atoms with Crippen molar-refractivity contribution in [1.29, 1.82) is 0 Å². The number of hydrogen-bond donors (Lipinski definition) is 3. The Hall–Kier alpha value is -2.36. The standard InChI is InChI=1S/C17H29N5O5/c1-11(2)19-17(26)21-7-8-22(14(23)10-27-3)13(9-21)16(25)20-12-5-4-6-18-15(12)24/h11-13H,4-10H2,1-3H3,(H,18,24)(H,19,26)(H,20,25)/t12-,13-/m0/s1. The van der Waals surface area contributed by atoms with E-state index in [1.807, 2.05) is 13.8 Å². The highest BCUT2D eigenvalue weighted by molar-refractivity contribution is 5.93. The molecule has 2 saturated heterocycles. The molecule has 3 N–H and O–H groups in total. The molecule has 0 aromatic rings. The van der Waals surface area contributed by atoms with Gasteiger partial charge in [-0.1, -0.05) is 0 Å². The predicted octanol–water partition coefficient (Wildman–Crippen LogP) is -1.34. The Balaban J connectivity index is 2.10. The summed E-state index contributed by atoms with van der Waals surface area (Å²) in [6, 6.07) is -1.81. The van der Waals surface area contributed by atoms with Crippen LogP contribution in [-0.2, 0) is 19.1 Å². The van der Waals surface area contributed by atoms with E-state index in [9.17, 15) is 19.2 Å². The summed E-state index contributed by atoms with van der Waals surface area (Å²) in [5.41, 5.74) is 0. The number of hydrogen-bond acceptors (Lipinski definition) is 5. The van der Waals surface area contributed by atoms with Crippen molar-refractivity contribution in [3.05, 3.63) is 0 Å². The van der Waals surface area contributed by atoms with E-state index in [0.717, 1.165) is 6.42 Å². The van der Waals surface area contributed by atoms with Crippen molar-refractivity contribution < 1.29 is 23.9 Å². The first-order valence-electron chi connectivity index (χ1n) is 9.25. The van der Waals surface area contributed by atoms with Crippen LogP contribution in [0.4, 0.5) is 4.79 Å². The third-order valence-corrected chi connectivity index (χ3v) is 4.57. The molecule has 2 aliphatic heterocycles. The highest BCUT2D eigenvalue weighted by atomic mass is 16.5. The van der Waals surface area contributed by atoms with Crippen molar-refractivity contribution in [3.63, 3.8) is 0 Å². The van der Waals surface area contributed by atoms with Crippen LogP contribution in [0.1, 0.15) is 26.7 Å². The zero-order valence-electron chi connectivity index (χ0n) is 16.1. The molecule has 2 atom stereocenters. The first kappa shape index (κ1) is 20.9. The van der Waals surface area contributed by atoms with Crippen LogP contribution >= 0.6 is 0 Å². The maximum absolute atomic E-state index is 12.8. The highest BCUT2D eigenvalue weighted by Crippen LogP contribution is 2.13. The van der Waals surface area contributed by atoms with Gasteiger partial charge in [0.25, 0.3) is 0 Å². The summed E-state index contributed by atoms with van der Waals surface area (Å²) in [4.78, 5) is 52.3. The van der Waals surface area contributed by atoms with Gasteiger partial charge in [0.2, 0.25) is 17.7 Å². The minimum Gasteiger partial charge on any atom is -0.375 e. The molecule has 10 nitrogen and oxygen atoms in total. The molecule has 0 aromatic heterocycles. The lowest BCUT2D eigenvalue weighted by Gasteiger charge is -2.41. The van der Waals surface area contributed by atoms with Gasteiger partial charge in [-0.15, -0.1) is 0 Å². The molecule has 0 aliphatic carbocycles. The van der Waals surface area contributed by atoms with Gasteiger partial charge in [0, 0.05) is 32.8 Å². The summed E-state index contributed by atoms with van der Waals surface area (Å²) in [6.07, 6.45) is 1.32. The van der Waals surface area contributed by atoms with Gasteiger partial charge in [0.1, 0.15) is 18.7 Å². The van der Waals surface area contributed by atoms with Crippen LogP contribution in [0.3, 0.4) is 0 Å². The van der Waals surface area contributed by atoms with E-state index < -0.39 is 18.0 Å². The number of amides is 5. The second-order valence-corrected chi connectivity index (χ2v) is 7.08. The molecule has 0 saturated carbocycles. The van der Waals surface area contributed by atoms with Crippen molar-refractivity contribution in [2.45, 2.75) is 44.8 Å². The fourth-order valence-corrected chi connectivity index (χ4v) is 3.21. The number of carbonyl (C=O) groups excluding carboxylic acids is 4. The Kier molecular flexibility index (Phi) is 7.40. The van der Waals surface area contributed by atoms with E-state index in [1.165, 1.54) is 16.9 Å². The number of rotatable bonds is 5. The molecule has 0 unspecified atom stereocenters. The molecule has 0 bridgehead atoms. The molecule has 0 spiro atoms.